The Labute approximate surface area is 219 Å². The number of carbonyl (C=O) groups is 1. The number of nitrogens with one attached hydrogen (secondary N) is 1. The molecule has 1 aliphatic rings. The molecule has 5 rings (SSSR count). The Morgan fingerprint density at radius 2 is 1.45 bits per heavy atom. The molecule has 38 heavy (non-hydrogen) atoms. The van der Waals surface area contributed by atoms with Crippen molar-refractivity contribution < 1.29 is 9.72 Å². The molecule has 9 nitrogen and oxygen atoms in total. The third kappa shape index (κ3) is 4.21. The quantitative estimate of drug-likeness (QED) is 0.285. The van der Waals surface area contributed by atoms with Gasteiger partial charge in [-0.15, -0.1) is 0 Å². The lowest BCUT2D eigenvalue weighted by Crippen LogP contribution is -2.34. The summed E-state index contributed by atoms with van der Waals surface area (Å²) >= 11 is 0. The second-order valence-corrected chi connectivity index (χ2v) is 9.62. The topological polar surface area (TPSA) is 114 Å². The van der Waals surface area contributed by atoms with Crippen LogP contribution < -0.4 is 10.6 Å². The monoisotopic (exact) mass is 509 g/mol. The number of nitro benzene ring substituents is 1. The van der Waals surface area contributed by atoms with Gasteiger partial charge in [0.05, 0.1) is 22.2 Å². The van der Waals surface area contributed by atoms with Crippen molar-refractivity contribution in [1.29, 1.82) is 0 Å². The van der Waals surface area contributed by atoms with Crippen molar-refractivity contribution in [3.05, 3.63) is 121 Å². The van der Waals surface area contributed by atoms with E-state index in [2.05, 4.69) is 10.2 Å². The number of hydrazone groups is 1. The molecule has 3 aromatic carbocycles. The average Bonchev–Trinajstić information content (AvgIpc) is 3.36. The number of benzene rings is 3. The number of hydrogen-bond acceptors (Lipinski definition) is 5. The number of H-pyrrole nitrogens is 1. The van der Waals surface area contributed by atoms with Gasteiger partial charge < -0.3 is 0 Å². The first-order chi connectivity index (χ1) is 18.2. The molecule has 0 saturated heterocycles. The minimum Gasteiger partial charge on any atom is -0.295 e. The van der Waals surface area contributed by atoms with E-state index < -0.39 is 16.8 Å². The third-order valence-corrected chi connectivity index (χ3v) is 6.98. The Morgan fingerprint density at radius 3 is 2.05 bits per heavy atom. The minimum absolute atomic E-state index is 0.159. The molecule has 1 aromatic heterocycles. The highest BCUT2D eigenvalue weighted by Gasteiger charge is 2.45. The molecule has 9 heteroatoms. The molecule has 0 saturated carbocycles. The van der Waals surface area contributed by atoms with E-state index in [1.54, 1.807) is 44.2 Å². The Balaban J connectivity index is 1.70. The predicted octanol–water partition coefficient (Wildman–Crippen LogP) is 5.17. The maximum Gasteiger partial charge on any atom is 0.275 e. The summed E-state index contributed by atoms with van der Waals surface area (Å²) in [5.41, 5.74) is 4.33. The first-order valence-electron chi connectivity index (χ1n) is 12.2. The number of nitro groups is 1. The number of aryl methyl sites for hydroxylation is 3. The van der Waals surface area contributed by atoms with Crippen LogP contribution in [0.4, 0.5) is 11.4 Å². The van der Waals surface area contributed by atoms with Crippen LogP contribution in [0.2, 0.25) is 0 Å². The zero-order valence-corrected chi connectivity index (χ0v) is 21.5. The number of anilines is 1. The number of carbonyl (C=O) groups excluding carboxylic acids is 1. The molecule has 192 valence electrons. The molecule has 0 aliphatic carbocycles. The summed E-state index contributed by atoms with van der Waals surface area (Å²) in [6, 6.07) is 21.1. The number of hydrogen-bond donors (Lipinski definition) is 1. The molecular weight excluding hydrogens is 482 g/mol. The molecule has 0 spiro atoms. The molecular formula is C29H27N5O4. The summed E-state index contributed by atoms with van der Waals surface area (Å²) in [6.07, 6.45) is 0. The largest absolute Gasteiger partial charge is 0.295 e. The van der Waals surface area contributed by atoms with Crippen LogP contribution in [0.3, 0.4) is 0 Å². The van der Waals surface area contributed by atoms with Gasteiger partial charge in [-0.1, -0.05) is 53.6 Å². The zero-order chi connectivity index (χ0) is 27.1. The first-order valence-corrected chi connectivity index (χ1v) is 12.2. The smallest absolute Gasteiger partial charge is 0.275 e. The van der Waals surface area contributed by atoms with Crippen LogP contribution in [0.1, 0.15) is 40.8 Å². The van der Waals surface area contributed by atoms with Crippen molar-refractivity contribution in [1.82, 2.24) is 9.78 Å². The molecule has 4 aromatic rings. The fourth-order valence-electron chi connectivity index (χ4n) is 5.05. The van der Waals surface area contributed by atoms with Gasteiger partial charge in [0.1, 0.15) is 0 Å². The Morgan fingerprint density at radius 1 is 0.868 bits per heavy atom. The van der Waals surface area contributed by atoms with E-state index in [4.69, 9.17) is 0 Å². The molecule has 0 fully saturated rings. The Kier molecular flexibility index (Phi) is 6.28. The molecule has 1 aliphatic heterocycles. The highest BCUT2D eigenvalue weighted by molar-refractivity contribution is 6.15. The van der Waals surface area contributed by atoms with Gasteiger partial charge >= 0.3 is 0 Å². The van der Waals surface area contributed by atoms with E-state index in [-0.39, 0.29) is 22.7 Å². The van der Waals surface area contributed by atoms with E-state index in [1.807, 2.05) is 50.2 Å². The van der Waals surface area contributed by atoms with Gasteiger partial charge in [-0.05, 0) is 52.0 Å². The lowest BCUT2D eigenvalue weighted by Gasteiger charge is -2.23. The van der Waals surface area contributed by atoms with Gasteiger partial charge in [0.15, 0.2) is 0 Å². The van der Waals surface area contributed by atoms with E-state index >= 15 is 0 Å². The van der Waals surface area contributed by atoms with E-state index in [1.165, 1.54) is 15.8 Å². The maximum absolute atomic E-state index is 13.9. The normalized spacial score (nSPS) is 16.0. The molecule has 0 unspecified atom stereocenters. The van der Waals surface area contributed by atoms with Crippen LogP contribution in [-0.4, -0.2) is 26.3 Å². The van der Waals surface area contributed by atoms with Gasteiger partial charge in [0.25, 0.3) is 17.2 Å². The van der Waals surface area contributed by atoms with Gasteiger partial charge in [-0.3, -0.25) is 24.8 Å². The summed E-state index contributed by atoms with van der Waals surface area (Å²) in [7, 11) is 0. The van der Waals surface area contributed by atoms with Crippen molar-refractivity contribution in [3.63, 3.8) is 0 Å². The average molecular weight is 510 g/mol. The lowest BCUT2D eigenvalue weighted by atomic mass is 9.77. The summed E-state index contributed by atoms with van der Waals surface area (Å²) in [5.74, 6) is -2.19. The highest BCUT2D eigenvalue weighted by Crippen LogP contribution is 2.41. The van der Waals surface area contributed by atoms with Crippen molar-refractivity contribution in [2.75, 3.05) is 5.01 Å². The van der Waals surface area contributed by atoms with E-state index in [0.717, 1.165) is 11.1 Å². The van der Waals surface area contributed by atoms with Crippen molar-refractivity contribution >= 4 is 23.0 Å². The Bertz CT molecular complexity index is 1630. The van der Waals surface area contributed by atoms with Gasteiger partial charge in [0, 0.05) is 34.5 Å². The SMILES string of the molecule is CC1=NN(c2ccc(C)cc2)C(=O)[C@@H]1[C@H](c1ccccc1[N+](=O)[O-])c1c(C)[nH]n(-c2ccc(C)cc2)c1=O. The van der Waals surface area contributed by atoms with E-state index in [0.29, 0.717) is 28.3 Å². The lowest BCUT2D eigenvalue weighted by molar-refractivity contribution is -0.385. The number of aromatic amines is 1. The standard InChI is InChI=1S/C29H27N5O4/c1-17-9-13-21(14-10-17)32-28(35)25(19(3)30-32)27(23-7-5-6-8-24(23)34(37)38)26-20(4)31-33(29(26)36)22-15-11-18(2)12-16-22/h5-16,25,27,31H,1-4H3/t25-,27-/m0/s1. The van der Waals surface area contributed by atoms with Gasteiger partial charge in [0.2, 0.25) is 0 Å². The van der Waals surface area contributed by atoms with Gasteiger partial charge in [-0.2, -0.15) is 5.10 Å². The summed E-state index contributed by atoms with van der Waals surface area (Å²) in [4.78, 5) is 39.4. The minimum atomic E-state index is -0.932. The number of para-hydroxylation sites is 1. The van der Waals surface area contributed by atoms with E-state index in [9.17, 15) is 19.7 Å². The van der Waals surface area contributed by atoms with Crippen LogP contribution in [0.15, 0.2) is 82.7 Å². The van der Waals surface area contributed by atoms with Crippen LogP contribution in [0, 0.1) is 36.8 Å². The third-order valence-electron chi connectivity index (χ3n) is 6.98. The maximum atomic E-state index is 13.9. The molecule has 0 bridgehead atoms. The van der Waals surface area contributed by atoms with Crippen molar-refractivity contribution in [2.45, 2.75) is 33.6 Å². The molecule has 1 amide bonds. The number of aromatic nitrogens is 2. The second kappa shape index (κ2) is 9.59. The summed E-state index contributed by atoms with van der Waals surface area (Å²) in [6.45, 7) is 7.37. The summed E-state index contributed by atoms with van der Waals surface area (Å²) in [5, 5.41) is 21.1. The highest BCUT2D eigenvalue weighted by atomic mass is 16.6. The number of rotatable bonds is 6. The van der Waals surface area contributed by atoms with Gasteiger partial charge in [-0.25, -0.2) is 9.69 Å². The number of nitrogens with zero attached hydrogens (tertiary/aromatic N) is 4. The number of amides is 1. The fourth-order valence-corrected chi connectivity index (χ4v) is 5.05. The van der Waals surface area contributed by atoms with Crippen LogP contribution in [0.25, 0.3) is 5.69 Å². The molecule has 1 N–H and O–H groups in total. The van der Waals surface area contributed by atoms with Crippen LogP contribution >= 0.6 is 0 Å². The van der Waals surface area contributed by atoms with Crippen LogP contribution in [-0.2, 0) is 4.79 Å². The first kappa shape index (κ1) is 24.9. The Hall–Kier alpha value is -4.79. The zero-order valence-electron chi connectivity index (χ0n) is 21.5. The molecule has 0 radical (unpaired) electrons. The second-order valence-electron chi connectivity index (χ2n) is 9.62. The van der Waals surface area contributed by atoms with Crippen molar-refractivity contribution in [3.8, 4) is 5.69 Å². The summed E-state index contributed by atoms with van der Waals surface area (Å²) < 4.78 is 1.41. The predicted molar refractivity (Wildman–Crippen MR) is 146 cm³/mol. The van der Waals surface area contributed by atoms with Crippen molar-refractivity contribution in [2.24, 2.45) is 11.0 Å². The fraction of sp³-hybridized carbons (Fsp3) is 0.207. The molecule has 2 atom stereocenters. The van der Waals surface area contributed by atoms with Crippen LogP contribution in [0.5, 0.6) is 0 Å². The molecule has 2 heterocycles.